The Balaban J connectivity index is 4.13. The average molecular weight is 218 g/mol. The molecule has 0 heterocycles. The van der Waals surface area contributed by atoms with E-state index in [0.717, 1.165) is 0 Å². The van der Waals surface area contributed by atoms with Gasteiger partial charge < -0.3 is 20.1 Å². The molecule has 0 aliphatic heterocycles. The SMILES string of the molecule is CC[C@@H](N)C(=O)N(CCOC)CCOC. The molecule has 0 aromatic carbocycles. The molecular weight excluding hydrogens is 196 g/mol. The Hall–Kier alpha value is -0.650. The summed E-state index contributed by atoms with van der Waals surface area (Å²) < 4.78 is 9.88. The molecule has 0 saturated carbocycles. The largest absolute Gasteiger partial charge is 0.383 e. The van der Waals surface area contributed by atoms with Crippen molar-refractivity contribution in [2.75, 3.05) is 40.5 Å². The Bertz CT molecular complexity index is 168. The average Bonchev–Trinajstić information content (AvgIpc) is 2.27. The summed E-state index contributed by atoms with van der Waals surface area (Å²) in [5.41, 5.74) is 5.69. The predicted molar refractivity (Wildman–Crippen MR) is 58.6 cm³/mol. The van der Waals surface area contributed by atoms with Crippen molar-refractivity contribution < 1.29 is 14.3 Å². The van der Waals surface area contributed by atoms with E-state index in [1.54, 1.807) is 19.1 Å². The van der Waals surface area contributed by atoms with E-state index in [0.29, 0.717) is 32.7 Å². The molecule has 0 bridgehead atoms. The minimum Gasteiger partial charge on any atom is -0.383 e. The van der Waals surface area contributed by atoms with Crippen LogP contribution in [0.15, 0.2) is 0 Å². The topological polar surface area (TPSA) is 64.8 Å². The molecule has 5 nitrogen and oxygen atoms in total. The lowest BCUT2D eigenvalue weighted by Crippen LogP contribution is -2.46. The number of nitrogens with two attached hydrogens (primary N) is 1. The van der Waals surface area contributed by atoms with Gasteiger partial charge in [0.25, 0.3) is 0 Å². The molecule has 5 heteroatoms. The van der Waals surface area contributed by atoms with Gasteiger partial charge in [0, 0.05) is 27.3 Å². The molecule has 0 aliphatic carbocycles. The van der Waals surface area contributed by atoms with E-state index in [1.807, 2.05) is 6.92 Å². The van der Waals surface area contributed by atoms with Gasteiger partial charge in [0.2, 0.25) is 5.91 Å². The van der Waals surface area contributed by atoms with Gasteiger partial charge in [-0.1, -0.05) is 6.92 Å². The molecule has 0 aromatic heterocycles. The number of hydrogen-bond acceptors (Lipinski definition) is 4. The van der Waals surface area contributed by atoms with Gasteiger partial charge in [0.05, 0.1) is 19.3 Å². The van der Waals surface area contributed by atoms with Crippen molar-refractivity contribution in [3.63, 3.8) is 0 Å². The van der Waals surface area contributed by atoms with Gasteiger partial charge >= 0.3 is 0 Å². The minimum atomic E-state index is -0.418. The summed E-state index contributed by atoms with van der Waals surface area (Å²) in [5.74, 6) is -0.0356. The van der Waals surface area contributed by atoms with E-state index in [4.69, 9.17) is 15.2 Å². The first kappa shape index (κ1) is 14.3. The molecule has 0 saturated heterocycles. The number of carbonyl (C=O) groups excluding carboxylic acids is 1. The van der Waals surface area contributed by atoms with Crippen LogP contribution in [0.3, 0.4) is 0 Å². The summed E-state index contributed by atoms with van der Waals surface area (Å²) in [4.78, 5) is 13.5. The number of carbonyl (C=O) groups is 1. The molecule has 0 unspecified atom stereocenters. The van der Waals surface area contributed by atoms with Crippen LogP contribution in [-0.2, 0) is 14.3 Å². The molecule has 15 heavy (non-hydrogen) atoms. The van der Waals surface area contributed by atoms with Crippen LogP contribution < -0.4 is 5.73 Å². The van der Waals surface area contributed by atoms with Gasteiger partial charge in [-0.2, -0.15) is 0 Å². The molecule has 2 N–H and O–H groups in total. The maximum Gasteiger partial charge on any atom is 0.239 e. The lowest BCUT2D eigenvalue weighted by Gasteiger charge is -2.24. The van der Waals surface area contributed by atoms with Crippen molar-refractivity contribution >= 4 is 5.91 Å². The Kier molecular flexibility index (Phi) is 8.27. The molecule has 0 spiro atoms. The van der Waals surface area contributed by atoms with Gasteiger partial charge in [-0.05, 0) is 6.42 Å². The molecule has 90 valence electrons. The third-order valence-corrected chi connectivity index (χ3v) is 2.20. The Labute approximate surface area is 91.5 Å². The highest BCUT2D eigenvalue weighted by Gasteiger charge is 2.18. The second-order valence-corrected chi connectivity index (χ2v) is 3.33. The maximum absolute atomic E-state index is 11.8. The quantitative estimate of drug-likeness (QED) is 0.615. The van der Waals surface area contributed by atoms with Crippen LogP contribution in [0.2, 0.25) is 0 Å². The zero-order valence-corrected chi connectivity index (χ0v) is 9.86. The van der Waals surface area contributed by atoms with E-state index < -0.39 is 6.04 Å². The van der Waals surface area contributed by atoms with Crippen LogP contribution >= 0.6 is 0 Å². The lowest BCUT2D eigenvalue weighted by atomic mass is 10.2. The van der Waals surface area contributed by atoms with Crippen molar-refractivity contribution in [2.24, 2.45) is 5.73 Å². The van der Waals surface area contributed by atoms with Gasteiger partial charge in [0.1, 0.15) is 0 Å². The van der Waals surface area contributed by atoms with E-state index in [2.05, 4.69) is 0 Å². The van der Waals surface area contributed by atoms with Gasteiger partial charge in [-0.3, -0.25) is 4.79 Å². The van der Waals surface area contributed by atoms with Crippen LogP contribution in [0, 0.1) is 0 Å². The van der Waals surface area contributed by atoms with Crippen molar-refractivity contribution in [3.8, 4) is 0 Å². The molecule has 0 aromatic rings. The number of rotatable bonds is 8. The van der Waals surface area contributed by atoms with E-state index in [9.17, 15) is 4.79 Å². The molecule has 0 radical (unpaired) electrons. The second-order valence-electron chi connectivity index (χ2n) is 3.33. The molecule has 0 rings (SSSR count). The van der Waals surface area contributed by atoms with E-state index in [-0.39, 0.29) is 5.91 Å². The zero-order chi connectivity index (χ0) is 11.7. The summed E-state index contributed by atoms with van der Waals surface area (Å²) in [7, 11) is 3.22. The summed E-state index contributed by atoms with van der Waals surface area (Å²) in [6.07, 6.45) is 0.648. The fraction of sp³-hybridized carbons (Fsp3) is 0.900. The highest BCUT2D eigenvalue weighted by Crippen LogP contribution is 1.97. The fourth-order valence-corrected chi connectivity index (χ4v) is 1.14. The van der Waals surface area contributed by atoms with Crippen LogP contribution in [-0.4, -0.2) is 57.4 Å². The third kappa shape index (κ3) is 5.71. The fourth-order valence-electron chi connectivity index (χ4n) is 1.14. The van der Waals surface area contributed by atoms with Gasteiger partial charge in [-0.15, -0.1) is 0 Å². The molecule has 1 amide bonds. The minimum absolute atomic E-state index is 0.0356. The van der Waals surface area contributed by atoms with Gasteiger partial charge in [0.15, 0.2) is 0 Å². The van der Waals surface area contributed by atoms with E-state index in [1.165, 1.54) is 0 Å². The standard InChI is InChI=1S/C10H22N2O3/c1-4-9(11)10(13)12(5-7-14-2)6-8-15-3/h9H,4-8,11H2,1-3H3/t9-/m1/s1. The van der Waals surface area contributed by atoms with E-state index >= 15 is 0 Å². The van der Waals surface area contributed by atoms with Crippen LogP contribution in [0.25, 0.3) is 0 Å². The number of ether oxygens (including phenoxy) is 2. The van der Waals surface area contributed by atoms with Gasteiger partial charge in [-0.25, -0.2) is 0 Å². The van der Waals surface area contributed by atoms with Crippen LogP contribution in [0.1, 0.15) is 13.3 Å². The normalized spacial score (nSPS) is 12.5. The van der Waals surface area contributed by atoms with Crippen LogP contribution in [0.5, 0.6) is 0 Å². The number of methoxy groups -OCH3 is 2. The number of nitrogens with zero attached hydrogens (tertiary/aromatic N) is 1. The molecule has 0 aliphatic rings. The first-order chi connectivity index (χ1) is 7.17. The van der Waals surface area contributed by atoms with Crippen molar-refractivity contribution in [2.45, 2.75) is 19.4 Å². The van der Waals surface area contributed by atoms with Crippen molar-refractivity contribution in [1.82, 2.24) is 4.90 Å². The second kappa shape index (κ2) is 8.64. The Morgan fingerprint density at radius 1 is 1.27 bits per heavy atom. The monoisotopic (exact) mass is 218 g/mol. The third-order valence-electron chi connectivity index (χ3n) is 2.20. The highest BCUT2D eigenvalue weighted by atomic mass is 16.5. The molecular formula is C10H22N2O3. The lowest BCUT2D eigenvalue weighted by molar-refractivity contribution is -0.133. The Morgan fingerprint density at radius 2 is 1.73 bits per heavy atom. The first-order valence-corrected chi connectivity index (χ1v) is 5.19. The number of amides is 1. The maximum atomic E-state index is 11.8. The summed E-state index contributed by atoms with van der Waals surface area (Å²) in [6.45, 7) is 4.06. The zero-order valence-electron chi connectivity index (χ0n) is 9.86. The number of hydrogen-bond donors (Lipinski definition) is 1. The molecule has 0 fully saturated rings. The smallest absolute Gasteiger partial charge is 0.239 e. The summed E-state index contributed by atoms with van der Waals surface area (Å²) >= 11 is 0. The highest BCUT2D eigenvalue weighted by molar-refractivity contribution is 5.81. The summed E-state index contributed by atoms with van der Waals surface area (Å²) in [5, 5.41) is 0. The predicted octanol–water partition coefficient (Wildman–Crippen LogP) is -0.155. The Morgan fingerprint density at radius 3 is 2.07 bits per heavy atom. The van der Waals surface area contributed by atoms with Crippen LogP contribution in [0.4, 0.5) is 0 Å². The molecule has 1 atom stereocenters. The summed E-state index contributed by atoms with van der Waals surface area (Å²) in [6, 6.07) is -0.418. The van der Waals surface area contributed by atoms with Crippen molar-refractivity contribution in [1.29, 1.82) is 0 Å². The first-order valence-electron chi connectivity index (χ1n) is 5.19. The van der Waals surface area contributed by atoms with Crippen molar-refractivity contribution in [3.05, 3.63) is 0 Å².